The van der Waals surface area contributed by atoms with Crippen LogP contribution in [0, 0.1) is 0 Å². The van der Waals surface area contributed by atoms with Gasteiger partial charge in [0.15, 0.2) is 16.9 Å². The molecule has 0 unspecified atom stereocenters. The molecule has 0 fully saturated rings. The van der Waals surface area contributed by atoms with Gasteiger partial charge in [0.1, 0.15) is 5.35 Å². The van der Waals surface area contributed by atoms with Crippen LogP contribution in [0.2, 0.25) is 0 Å². The number of hydrogen-bond donors (Lipinski definition) is 1. The van der Waals surface area contributed by atoms with Crippen molar-refractivity contribution in [2.24, 2.45) is 4.99 Å². The Bertz CT molecular complexity index is 1250. The minimum atomic E-state index is -0.324. The van der Waals surface area contributed by atoms with E-state index in [9.17, 15) is 4.79 Å². The Labute approximate surface area is 178 Å². The summed E-state index contributed by atoms with van der Waals surface area (Å²) in [6.45, 7) is 0. The molecule has 0 atom stereocenters. The van der Waals surface area contributed by atoms with E-state index in [1.54, 1.807) is 36.7 Å². The minimum absolute atomic E-state index is 0.324. The summed E-state index contributed by atoms with van der Waals surface area (Å²) in [5, 5.41) is 3.63. The van der Waals surface area contributed by atoms with Gasteiger partial charge in [0.25, 0.3) is 5.91 Å². The smallest absolute Gasteiger partial charge is 0.255 e. The lowest BCUT2D eigenvalue weighted by atomic mass is 10.1. The highest BCUT2D eigenvalue weighted by molar-refractivity contribution is 6.05. The maximum Gasteiger partial charge on any atom is 0.255 e. The zero-order chi connectivity index (χ0) is 21.8. The number of nitrogens with zero attached hydrogens (tertiary/aromatic N) is 2. The third kappa shape index (κ3) is 4.13. The zero-order valence-corrected chi connectivity index (χ0v) is 17.3. The molecule has 0 spiro atoms. The lowest BCUT2D eigenvalue weighted by Crippen LogP contribution is -2.20. The van der Waals surface area contributed by atoms with Gasteiger partial charge in [0.2, 0.25) is 11.6 Å². The van der Waals surface area contributed by atoms with E-state index in [4.69, 9.17) is 18.6 Å². The van der Waals surface area contributed by atoms with E-state index in [1.165, 1.54) is 21.3 Å². The van der Waals surface area contributed by atoms with Gasteiger partial charge in [0.05, 0.1) is 27.5 Å². The SMILES string of the molecule is COc1cc(C(=O)Nc2cccc(-c3nc4c(o3)=CN=CCC=4)c2)cc(OC)c1OC. The molecule has 0 aliphatic carbocycles. The number of benzene rings is 2. The highest BCUT2D eigenvalue weighted by Gasteiger charge is 2.17. The van der Waals surface area contributed by atoms with Gasteiger partial charge < -0.3 is 23.9 Å². The van der Waals surface area contributed by atoms with Crippen molar-refractivity contribution in [1.29, 1.82) is 0 Å². The number of rotatable bonds is 6. The van der Waals surface area contributed by atoms with Crippen LogP contribution >= 0.6 is 0 Å². The number of aromatic nitrogens is 1. The second-order valence-electron chi connectivity index (χ2n) is 6.62. The van der Waals surface area contributed by atoms with Gasteiger partial charge in [-0.15, -0.1) is 0 Å². The van der Waals surface area contributed by atoms with Crippen LogP contribution in [0.5, 0.6) is 17.2 Å². The predicted octanol–water partition coefficient (Wildman–Crippen LogP) is 2.61. The van der Waals surface area contributed by atoms with Gasteiger partial charge >= 0.3 is 0 Å². The average molecular weight is 419 g/mol. The third-order valence-corrected chi connectivity index (χ3v) is 4.69. The van der Waals surface area contributed by atoms with E-state index in [0.717, 1.165) is 10.9 Å². The van der Waals surface area contributed by atoms with Crippen LogP contribution in [0.1, 0.15) is 16.8 Å². The van der Waals surface area contributed by atoms with Crippen molar-refractivity contribution in [3.05, 3.63) is 52.7 Å². The molecule has 31 heavy (non-hydrogen) atoms. The molecule has 1 aliphatic heterocycles. The quantitative estimate of drug-likeness (QED) is 0.660. The van der Waals surface area contributed by atoms with Gasteiger partial charge in [-0.1, -0.05) is 6.07 Å². The Balaban J connectivity index is 1.62. The van der Waals surface area contributed by atoms with Gasteiger partial charge in [-0.3, -0.25) is 9.79 Å². The van der Waals surface area contributed by atoms with Crippen molar-refractivity contribution >= 4 is 30.1 Å². The molecule has 158 valence electrons. The summed E-state index contributed by atoms with van der Waals surface area (Å²) in [6.07, 6.45) is 6.08. The van der Waals surface area contributed by atoms with Gasteiger partial charge in [-0.05, 0) is 36.4 Å². The first-order valence-electron chi connectivity index (χ1n) is 9.53. The van der Waals surface area contributed by atoms with Crippen LogP contribution in [0.25, 0.3) is 23.7 Å². The number of aliphatic imine (C=N–C) groups is 1. The molecular formula is C23H21N3O5. The second-order valence-corrected chi connectivity index (χ2v) is 6.62. The number of carbonyl (C=O) groups excluding carboxylic acids is 1. The van der Waals surface area contributed by atoms with E-state index in [2.05, 4.69) is 15.3 Å². The molecule has 8 nitrogen and oxygen atoms in total. The Kier molecular flexibility index (Phi) is 5.70. The first-order valence-corrected chi connectivity index (χ1v) is 9.53. The van der Waals surface area contributed by atoms with E-state index in [1.807, 2.05) is 18.2 Å². The fourth-order valence-electron chi connectivity index (χ4n) is 3.20. The number of ether oxygens (including phenoxy) is 3. The molecule has 1 amide bonds. The summed E-state index contributed by atoms with van der Waals surface area (Å²) in [4.78, 5) is 21.5. The molecule has 0 saturated heterocycles. The first-order chi connectivity index (χ1) is 15.1. The summed E-state index contributed by atoms with van der Waals surface area (Å²) >= 11 is 0. The average Bonchev–Trinajstić information content (AvgIpc) is 3.08. The molecule has 0 saturated carbocycles. The van der Waals surface area contributed by atoms with E-state index in [0.29, 0.717) is 46.2 Å². The van der Waals surface area contributed by atoms with Crippen LogP contribution in [-0.2, 0) is 0 Å². The van der Waals surface area contributed by atoms with Crippen molar-refractivity contribution in [3.8, 4) is 28.7 Å². The molecular weight excluding hydrogens is 398 g/mol. The summed E-state index contributed by atoms with van der Waals surface area (Å²) in [5.74, 6) is 1.36. The van der Waals surface area contributed by atoms with Crippen molar-refractivity contribution in [1.82, 2.24) is 4.98 Å². The van der Waals surface area contributed by atoms with Crippen molar-refractivity contribution in [2.45, 2.75) is 6.42 Å². The van der Waals surface area contributed by atoms with E-state index in [-0.39, 0.29) is 5.91 Å². The molecule has 3 aromatic rings. The standard InChI is InChI=1S/C23H21N3O5/c1-28-18-11-15(12-19(29-2)21(18)30-3)22(27)25-16-7-4-6-14(10-16)23-26-17-8-5-9-24-13-20(17)31-23/h4,6-13H,5H2,1-3H3,(H,25,27). The Hall–Kier alpha value is -4.07. The lowest BCUT2D eigenvalue weighted by molar-refractivity contribution is 0.102. The molecule has 2 aromatic carbocycles. The highest BCUT2D eigenvalue weighted by Crippen LogP contribution is 2.38. The number of amides is 1. The molecule has 4 rings (SSSR count). The van der Waals surface area contributed by atoms with Crippen LogP contribution in [0.15, 0.2) is 45.8 Å². The van der Waals surface area contributed by atoms with Crippen molar-refractivity contribution in [2.75, 3.05) is 26.6 Å². The molecule has 1 aromatic heterocycles. The molecule has 1 N–H and O–H groups in total. The van der Waals surface area contributed by atoms with Gasteiger partial charge in [0, 0.05) is 29.4 Å². The number of carbonyl (C=O) groups is 1. The monoisotopic (exact) mass is 419 g/mol. The van der Waals surface area contributed by atoms with Crippen molar-refractivity contribution < 1.29 is 23.4 Å². The topological polar surface area (TPSA) is 95.2 Å². The Morgan fingerprint density at radius 3 is 2.55 bits per heavy atom. The number of anilines is 1. The number of nitrogens with one attached hydrogen (secondary N) is 1. The molecule has 0 radical (unpaired) electrons. The maximum absolute atomic E-state index is 12.9. The number of hydrogen-bond acceptors (Lipinski definition) is 7. The predicted molar refractivity (Wildman–Crippen MR) is 117 cm³/mol. The third-order valence-electron chi connectivity index (χ3n) is 4.69. The Morgan fingerprint density at radius 1 is 1.06 bits per heavy atom. The Morgan fingerprint density at radius 2 is 1.84 bits per heavy atom. The lowest BCUT2D eigenvalue weighted by Gasteiger charge is -2.14. The zero-order valence-electron chi connectivity index (χ0n) is 17.3. The summed E-state index contributed by atoms with van der Waals surface area (Å²) in [5.41, 5.74) is 2.30. The summed E-state index contributed by atoms with van der Waals surface area (Å²) in [6, 6.07) is 10.5. The number of fused-ring (bicyclic) bond motifs is 1. The van der Waals surface area contributed by atoms with Gasteiger partial charge in [-0.25, -0.2) is 4.98 Å². The number of methoxy groups -OCH3 is 3. The summed E-state index contributed by atoms with van der Waals surface area (Å²) < 4.78 is 21.8. The fourth-order valence-corrected chi connectivity index (χ4v) is 3.20. The van der Waals surface area contributed by atoms with Crippen LogP contribution < -0.4 is 30.3 Å². The summed E-state index contributed by atoms with van der Waals surface area (Å²) in [7, 11) is 4.51. The maximum atomic E-state index is 12.9. The first kappa shape index (κ1) is 20.2. The van der Waals surface area contributed by atoms with E-state index >= 15 is 0 Å². The normalized spacial score (nSPS) is 12.1. The largest absolute Gasteiger partial charge is 0.493 e. The van der Waals surface area contributed by atoms with Crippen molar-refractivity contribution in [3.63, 3.8) is 0 Å². The molecule has 1 aliphatic rings. The molecule has 2 heterocycles. The second kappa shape index (κ2) is 8.74. The van der Waals surface area contributed by atoms with Crippen LogP contribution in [0.3, 0.4) is 0 Å². The van der Waals surface area contributed by atoms with Gasteiger partial charge in [-0.2, -0.15) is 0 Å². The highest BCUT2D eigenvalue weighted by atomic mass is 16.5. The molecule has 0 bridgehead atoms. The van der Waals surface area contributed by atoms with Crippen LogP contribution in [0.4, 0.5) is 5.69 Å². The fraction of sp³-hybridized carbons (Fsp3) is 0.174. The number of oxazole rings is 1. The van der Waals surface area contributed by atoms with E-state index < -0.39 is 0 Å². The molecule has 8 heteroatoms. The van der Waals surface area contributed by atoms with Crippen LogP contribution in [-0.4, -0.2) is 38.4 Å². The minimum Gasteiger partial charge on any atom is -0.493 e.